The Hall–Kier alpha value is -2.31. The quantitative estimate of drug-likeness (QED) is 0.753. The summed E-state index contributed by atoms with van der Waals surface area (Å²) in [7, 11) is 0. The van der Waals surface area contributed by atoms with Crippen molar-refractivity contribution in [1.29, 1.82) is 0 Å². The van der Waals surface area contributed by atoms with Crippen LogP contribution < -0.4 is 11.2 Å². The van der Waals surface area contributed by atoms with Crippen LogP contribution in [0.2, 0.25) is 0 Å². The Morgan fingerprint density at radius 1 is 1.25 bits per heavy atom. The summed E-state index contributed by atoms with van der Waals surface area (Å²) >= 11 is 0. The summed E-state index contributed by atoms with van der Waals surface area (Å²) in [6.45, 7) is 0. The number of hydrogen-bond donors (Lipinski definition) is 1. The van der Waals surface area contributed by atoms with Crippen molar-refractivity contribution in [3.05, 3.63) is 56.9 Å². The van der Waals surface area contributed by atoms with Crippen molar-refractivity contribution in [3.63, 3.8) is 0 Å². The number of halogens is 2. The van der Waals surface area contributed by atoms with Gasteiger partial charge in [-0.1, -0.05) is 0 Å². The van der Waals surface area contributed by atoms with Crippen LogP contribution in [0.3, 0.4) is 0 Å². The molecule has 0 unspecified atom stereocenters. The molecule has 0 aliphatic rings. The Morgan fingerprint density at radius 2 is 2.00 bits per heavy atom. The van der Waals surface area contributed by atoms with Crippen molar-refractivity contribution in [2.45, 2.75) is 0 Å². The first-order chi connectivity index (χ1) is 7.58. The van der Waals surface area contributed by atoms with Gasteiger partial charge in [0.1, 0.15) is 23.5 Å². The number of aromatic nitrogens is 3. The van der Waals surface area contributed by atoms with E-state index in [-0.39, 0.29) is 5.69 Å². The van der Waals surface area contributed by atoms with E-state index in [4.69, 9.17) is 0 Å². The molecule has 0 aliphatic carbocycles. The van der Waals surface area contributed by atoms with E-state index < -0.39 is 22.9 Å². The minimum absolute atomic E-state index is 0.360. The molecule has 82 valence electrons. The zero-order valence-corrected chi connectivity index (χ0v) is 7.78. The highest BCUT2D eigenvalue weighted by Gasteiger charge is 2.08. The first-order valence-electron chi connectivity index (χ1n) is 4.22. The summed E-state index contributed by atoms with van der Waals surface area (Å²) in [6.07, 6.45) is 0.797. The minimum atomic E-state index is -0.933. The van der Waals surface area contributed by atoms with E-state index in [0.29, 0.717) is 4.68 Å². The first-order valence-corrected chi connectivity index (χ1v) is 4.22. The fourth-order valence-electron chi connectivity index (χ4n) is 1.17. The molecule has 7 heteroatoms. The van der Waals surface area contributed by atoms with Gasteiger partial charge < -0.3 is 0 Å². The van der Waals surface area contributed by atoms with Gasteiger partial charge in [0.15, 0.2) is 0 Å². The molecule has 5 nitrogen and oxygen atoms in total. The van der Waals surface area contributed by atoms with Crippen LogP contribution in [0.25, 0.3) is 5.69 Å². The Balaban J connectivity index is 2.72. The maximum Gasteiger partial charge on any atom is 0.349 e. The third-order valence-corrected chi connectivity index (χ3v) is 1.85. The number of nitrogens with zero attached hydrogens (tertiary/aromatic N) is 2. The van der Waals surface area contributed by atoms with Crippen molar-refractivity contribution >= 4 is 0 Å². The van der Waals surface area contributed by atoms with Gasteiger partial charge >= 0.3 is 5.69 Å². The highest BCUT2D eigenvalue weighted by Crippen LogP contribution is 2.11. The van der Waals surface area contributed by atoms with Crippen LogP contribution in [0, 0.1) is 11.6 Å². The topological polar surface area (TPSA) is 67.8 Å². The number of benzene rings is 1. The van der Waals surface area contributed by atoms with Crippen LogP contribution in [0.5, 0.6) is 0 Å². The van der Waals surface area contributed by atoms with Gasteiger partial charge in [0.2, 0.25) is 0 Å². The second-order valence-electron chi connectivity index (χ2n) is 2.95. The normalized spacial score (nSPS) is 10.4. The van der Waals surface area contributed by atoms with E-state index >= 15 is 0 Å². The maximum absolute atomic E-state index is 13.3. The van der Waals surface area contributed by atoms with E-state index in [1.807, 2.05) is 4.98 Å². The zero-order chi connectivity index (χ0) is 11.7. The van der Waals surface area contributed by atoms with Crippen LogP contribution in [-0.2, 0) is 0 Å². The molecule has 1 N–H and O–H groups in total. The van der Waals surface area contributed by atoms with Gasteiger partial charge in [-0.2, -0.15) is 9.78 Å². The van der Waals surface area contributed by atoms with Gasteiger partial charge in [0.05, 0.1) is 0 Å². The number of hydrogen-bond acceptors (Lipinski definition) is 3. The van der Waals surface area contributed by atoms with E-state index in [1.54, 1.807) is 0 Å². The molecule has 0 amide bonds. The molecule has 1 aromatic heterocycles. The van der Waals surface area contributed by atoms with E-state index in [2.05, 4.69) is 5.10 Å². The summed E-state index contributed by atoms with van der Waals surface area (Å²) in [4.78, 5) is 23.9. The smallest absolute Gasteiger partial charge is 0.271 e. The van der Waals surface area contributed by atoms with Gasteiger partial charge in [-0.25, -0.2) is 13.6 Å². The average Bonchev–Trinajstić information content (AvgIpc) is 2.22. The zero-order valence-electron chi connectivity index (χ0n) is 7.78. The Bertz CT molecular complexity index is 648. The first kappa shape index (κ1) is 10.2. The molecule has 1 aromatic carbocycles. The summed E-state index contributed by atoms with van der Waals surface area (Å²) in [5.41, 5.74) is -2.00. The fraction of sp³-hybridized carbons (Fsp3) is 0. The summed E-state index contributed by atoms with van der Waals surface area (Å²) in [5.74, 6) is -1.53. The lowest BCUT2D eigenvalue weighted by atomic mass is 10.3. The van der Waals surface area contributed by atoms with Gasteiger partial charge in [0.25, 0.3) is 5.56 Å². The lowest BCUT2D eigenvalue weighted by molar-refractivity contribution is 0.578. The van der Waals surface area contributed by atoms with Crippen LogP contribution in [0.15, 0.2) is 34.0 Å². The van der Waals surface area contributed by atoms with E-state index in [9.17, 15) is 18.4 Å². The predicted octanol–water partition coefficient (Wildman–Crippen LogP) is 0.199. The Labute approximate surface area is 87.0 Å². The highest BCUT2D eigenvalue weighted by atomic mass is 19.1. The van der Waals surface area contributed by atoms with Crippen molar-refractivity contribution in [1.82, 2.24) is 14.8 Å². The molecule has 0 radical (unpaired) electrons. The SMILES string of the molecule is O=c1cnn(-c2cc(F)ccc2F)c(=O)[nH]1. The number of aromatic amines is 1. The molecule has 0 saturated carbocycles. The summed E-state index contributed by atoms with van der Waals surface area (Å²) in [6, 6.07) is 2.58. The van der Waals surface area contributed by atoms with Crippen molar-refractivity contribution in [2.24, 2.45) is 0 Å². The Kier molecular flexibility index (Phi) is 2.35. The lowest BCUT2D eigenvalue weighted by Crippen LogP contribution is -2.30. The summed E-state index contributed by atoms with van der Waals surface area (Å²) < 4.78 is 26.7. The minimum Gasteiger partial charge on any atom is -0.271 e. The second-order valence-corrected chi connectivity index (χ2v) is 2.95. The van der Waals surface area contributed by atoms with Gasteiger partial charge in [-0.3, -0.25) is 9.78 Å². The molecule has 0 bridgehead atoms. The standard InChI is InChI=1S/C9H5F2N3O2/c10-5-1-2-6(11)7(3-5)14-9(16)13-8(15)4-12-14/h1-4H,(H,13,15,16). The average molecular weight is 225 g/mol. The fourth-order valence-corrected chi connectivity index (χ4v) is 1.17. The van der Waals surface area contributed by atoms with Crippen LogP contribution in [-0.4, -0.2) is 14.8 Å². The van der Waals surface area contributed by atoms with Gasteiger partial charge in [-0.15, -0.1) is 0 Å². The molecular formula is C9H5F2N3O2. The molecule has 0 fully saturated rings. The maximum atomic E-state index is 13.3. The van der Waals surface area contributed by atoms with Gasteiger partial charge in [-0.05, 0) is 12.1 Å². The molecule has 0 saturated heterocycles. The van der Waals surface area contributed by atoms with Crippen LogP contribution in [0.4, 0.5) is 8.78 Å². The van der Waals surface area contributed by atoms with Gasteiger partial charge in [0, 0.05) is 6.07 Å². The second kappa shape index (κ2) is 3.69. The number of rotatable bonds is 1. The van der Waals surface area contributed by atoms with Crippen molar-refractivity contribution in [2.75, 3.05) is 0 Å². The monoisotopic (exact) mass is 225 g/mol. The van der Waals surface area contributed by atoms with Crippen molar-refractivity contribution in [3.8, 4) is 5.69 Å². The van der Waals surface area contributed by atoms with E-state index in [0.717, 1.165) is 24.4 Å². The third-order valence-electron chi connectivity index (χ3n) is 1.85. The van der Waals surface area contributed by atoms with E-state index in [1.165, 1.54) is 0 Å². The molecule has 1 heterocycles. The molecule has 0 atom stereocenters. The molecule has 0 spiro atoms. The number of H-pyrrole nitrogens is 1. The lowest BCUT2D eigenvalue weighted by Gasteiger charge is -2.03. The molecule has 16 heavy (non-hydrogen) atoms. The largest absolute Gasteiger partial charge is 0.349 e. The van der Waals surface area contributed by atoms with Crippen molar-refractivity contribution < 1.29 is 8.78 Å². The molecular weight excluding hydrogens is 220 g/mol. The highest BCUT2D eigenvalue weighted by molar-refractivity contribution is 5.32. The molecule has 2 aromatic rings. The molecule has 0 aliphatic heterocycles. The van der Waals surface area contributed by atoms with Crippen LogP contribution in [0.1, 0.15) is 0 Å². The number of nitrogens with one attached hydrogen (secondary N) is 1. The molecule has 2 rings (SSSR count). The predicted molar refractivity (Wildman–Crippen MR) is 50.4 cm³/mol. The Morgan fingerprint density at radius 3 is 2.69 bits per heavy atom. The third kappa shape index (κ3) is 1.74. The summed E-state index contributed by atoms with van der Waals surface area (Å²) in [5, 5.41) is 3.40. The van der Waals surface area contributed by atoms with Crippen LogP contribution >= 0.6 is 0 Å².